The van der Waals surface area contributed by atoms with Crippen LogP contribution in [0.4, 0.5) is 0 Å². The standard InChI is InChI=1S/C14H22N2/c1-3-14(7-5-4-6-8-16-14)13-9-12(2)10-15-11-13/h9-11,16H,3-8H2,1-2H3. The van der Waals surface area contributed by atoms with Gasteiger partial charge in [-0.25, -0.2) is 0 Å². The number of hydrogen-bond donors (Lipinski definition) is 1. The summed E-state index contributed by atoms with van der Waals surface area (Å²) in [6.07, 6.45) is 10.4. The molecular weight excluding hydrogens is 196 g/mol. The highest BCUT2D eigenvalue weighted by molar-refractivity contribution is 5.25. The molecule has 1 unspecified atom stereocenters. The molecule has 0 amide bonds. The number of pyridine rings is 1. The lowest BCUT2D eigenvalue weighted by Crippen LogP contribution is -2.41. The molecule has 88 valence electrons. The second-order valence-corrected chi connectivity index (χ2v) is 4.92. The summed E-state index contributed by atoms with van der Waals surface area (Å²) >= 11 is 0. The van der Waals surface area contributed by atoms with Crippen molar-refractivity contribution in [1.82, 2.24) is 10.3 Å². The van der Waals surface area contributed by atoms with E-state index in [1.807, 2.05) is 12.4 Å². The molecule has 1 atom stereocenters. The summed E-state index contributed by atoms with van der Waals surface area (Å²) in [5.41, 5.74) is 2.81. The van der Waals surface area contributed by atoms with Crippen LogP contribution in [0.1, 0.15) is 50.2 Å². The third-order valence-corrected chi connectivity index (χ3v) is 3.77. The van der Waals surface area contributed by atoms with Gasteiger partial charge in [0.2, 0.25) is 0 Å². The first kappa shape index (κ1) is 11.6. The van der Waals surface area contributed by atoms with Gasteiger partial charge < -0.3 is 5.32 Å². The molecule has 0 spiro atoms. The topological polar surface area (TPSA) is 24.9 Å². The summed E-state index contributed by atoms with van der Waals surface area (Å²) in [5, 5.41) is 3.75. The number of rotatable bonds is 2. The molecule has 0 aromatic carbocycles. The molecule has 1 aliphatic rings. The van der Waals surface area contributed by atoms with Gasteiger partial charge in [-0.2, -0.15) is 0 Å². The quantitative estimate of drug-likeness (QED) is 0.824. The highest BCUT2D eigenvalue weighted by atomic mass is 15.0. The van der Waals surface area contributed by atoms with E-state index in [-0.39, 0.29) is 5.54 Å². The molecule has 2 heteroatoms. The van der Waals surface area contributed by atoms with Crippen molar-refractivity contribution in [3.05, 3.63) is 29.6 Å². The lowest BCUT2D eigenvalue weighted by atomic mass is 9.84. The highest BCUT2D eigenvalue weighted by Crippen LogP contribution is 2.32. The Balaban J connectivity index is 2.31. The van der Waals surface area contributed by atoms with Crippen molar-refractivity contribution < 1.29 is 0 Å². The minimum absolute atomic E-state index is 0.176. The number of hydrogen-bond acceptors (Lipinski definition) is 2. The molecular formula is C14H22N2. The Labute approximate surface area is 98.5 Å². The summed E-state index contributed by atoms with van der Waals surface area (Å²) < 4.78 is 0. The maximum Gasteiger partial charge on any atom is 0.0447 e. The van der Waals surface area contributed by atoms with E-state index < -0.39 is 0 Å². The Kier molecular flexibility index (Phi) is 3.59. The van der Waals surface area contributed by atoms with E-state index in [0.717, 1.165) is 13.0 Å². The smallest absolute Gasteiger partial charge is 0.0447 e. The van der Waals surface area contributed by atoms with E-state index in [9.17, 15) is 0 Å². The molecule has 0 bridgehead atoms. The third kappa shape index (κ3) is 2.27. The second-order valence-electron chi connectivity index (χ2n) is 4.92. The van der Waals surface area contributed by atoms with E-state index in [1.165, 1.54) is 36.8 Å². The van der Waals surface area contributed by atoms with Gasteiger partial charge in [0.05, 0.1) is 0 Å². The largest absolute Gasteiger partial charge is 0.307 e. The molecule has 1 aromatic heterocycles. The molecule has 0 radical (unpaired) electrons. The van der Waals surface area contributed by atoms with Crippen LogP contribution in [0.25, 0.3) is 0 Å². The SMILES string of the molecule is CCC1(c2cncc(C)c2)CCCCCN1. The first-order valence-corrected chi connectivity index (χ1v) is 6.44. The van der Waals surface area contributed by atoms with Gasteiger partial charge in [-0.05, 0) is 43.9 Å². The fourth-order valence-electron chi connectivity index (χ4n) is 2.71. The molecule has 0 aliphatic carbocycles. The van der Waals surface area contributed by atoms with Gasteiger partial charge in [0.25, 0.3) is 0 Å². The number of nitrogens with one attached hydrogen (secondary N) is 1. The van der Waals surface area contributed by atoms with Crippen molar-refractivity contribution >= 4 is 0 Å². The third-order valence-electron chi connectivity index (χ3n) is 3.77. The van der Waals surface area contributed by atoms with E-state index >= 15 is 0 Å². The van der Waals surface area contributed by atoms with Crippen LogP contribution in [0.3, 0.4) is 0 Å². The monoisotopic (exact) mass is 218 g/mol. The van der Waals surface area contributed by atoms with Gasteiger partial charge in [-0.1, -0.05) is 25.8 Å². The van der Waals surface area contributed by atoms with E-state index in [2.05, 4.69) is 30.2 Å². The summed E-state index contributed by atoms with van der Waals surface area (Å²) in [4.78, 5) is 4.34. The van der Waals surface area contributed by atoms with Crippen LogP contribution in [0.2, 0.25) is 0 Å². The van der Waals surface area contributed by atoms with Gasteiger partial charge >= 0.3 is 0 Å². The fourth-order valence-corrected chi connectivity index (χ4v) is 2.71. The zero-order valence-corrected chi connectivity index (χ0v) is 10.4. The minimum atomic E-state index is 0.176. The predicted molar refractivity (Wildman–Crippen MR) is 67.4 cm³/mol. The lowest BCUT2D eigenvalue weighted by Gasteiger charge is -2.33. The minimum Gasteiger partial charge on any atom is -0.307 e. The highest BCUT2D eigenvalue weighted by Gasteiger charge is 2.30. The summed E-state index contributed by atoms with van der Waals surface area (Å²) in [7, 11) is 0. The molecule has 0 saturated carbocycles. The second kappa shape index (κ2) is 4.96. The van der Waals surface area contributed by atoms with Gasteiger partial charge in [0.1, 0.15) is 0 Å². The molecule has 2 rings (SSSR count). The first-order chi connectivity index (χ1) is 7.77. The lowest BCUT2D eigenvalue weighted by molar-refractivity contribution is 0.311. The molecule has 2 heterocycles. The van der Waals surface area contributed by atoms with Crippen LogP contribution in [0.15, 0.2) is 18.5 Å². The average molecular weight is 218 g/mol. The molecule has 16 heavy (non-hydrogen) atoms. The Morgan fingerprint density at radius 3 is 2.94 bits per heavy atom. The molecule has 2 nitrogen and oxygen atoms in total. The van der Waals surface area contributed by atoms with E-state index in [0.29, 0.717) is 0 Å². The van der Waals surface area contributed by atoms with Crippen LogP contribution in [-0.2, 0) is 5.54 Å². The Morgan fingerprint density at radius 1 is 1.31 bits per heavy atom. The zero-order chi connectivity index (χ0) is 11.4. The van der Waals surface area contributed by atoms with Crippen molar-refractivity contribution in [2.45, 2.75) is 51.5 Å². The van der Waals surface area contributed by atoms with Crippen LogP contribution >= 0.6 is 0 Å². The Hall–Kier alpha value is -0.890. The maximum atomic E-state index is 4.34. The number of aryl methyl sites for hydroxylation is 1. The summed E-state index contributed by atoms with van der Waals surface area (Å²) in [6.45, 7) is 5.54. The van der Waals surface area contributed by atoms with Gasteiger partial charge in [0.15, 0.2) is 0 Å². The fraction of sp³-hybridized carbons (Fsp3) is 0.643. The zero-order valence-electron chi connectivity index (χ0n) is 10.4. The van der Waals surface area contributed by atoms with Crippen LogP contribution in [0.5, 0.6) is 0 Å². The molecule has 1 saturated heterocycles. The normalized spacial score (nSPS) is 26.4. The maximum absolute atomic E-state index is 4.34. The van der Waals surface area contributed by atoms with Crippen molar-refractivity contribution in [2.24, 2.45) is 0 Å². The van der Waals surface area contributed by atoms with Gasteiger partial charge in [-0.3, -0.25) is 4.98 Å². The predicted octanol–water partition coefficient (Wildman–Crippen LogP) is 3.16. The average Bonchev–Trinajstić information content (AvgIpc) is 2.55. The molecule has 1 fully saturated rings. The summed E-state index contributed by atoms with van der Waals surface area (Å²) in [6, 6.07) is 2.29. The van der Waals surface area contributed by atoms with Crippen molar-refractivity contribution in [1.29, 1.82) is 0 Å². The molecule has 1 aliphatic heterocycles. The van der Waals surface area contributed by atoms with Crippen molar-refractivity contribution in [3.8, 4) is 0 Å². The molecule has 1 aromatic rings. The van der Waals surface area contributed by atoms with Crippen molar-refractivity contribution in [3.63, 3.8) is 0 Å². The first-order valence-electron chi connectivity index (χ1n) is 6.44. The van der Waals surface area contributed by atoms with Gasteiger partial charge in [-0.15, -0.1) is 0 Å². The van der Waals surface area contributed by atoms with E-state index in [1.54, 1.807) is 0 Å². The molecule has 1 N–H and O–H groups in total. The van der Waals surface area contributed by atoms with Crippen LogP contribution in [0, 0.1) is 6.92 Å². The van der Waals surface area contributed by atoms with Crippen LogP contribution in [-0.4, -0.2) is 11.5 Å². The Bertz CT molecular complexity index is 338. The Morgan fingerprint density at radius 2 is 2.19 bits per heavy atom. The van der Waals surface area contributed by atoms with Crippen molar-refractivity contribution in [2.75, 3.05) is 6.54 Å². The van der Waals surface area contributed by atoms with E-state index in [4.69, 9.17) is 0 Å². The van der Waals surface area contributed by atoms with Gasteiger partial charge in [0, 0.05) is 17.9 Å². The summed E-state index contributed by atoms with van der Waals surface area (Å²) in [5.74, 6) is 0. The number of nitrogens with zero attached hydrogens (tertiary/aromatic N) is 1. The number of aromatic nitrogens is 1. The van der Waals surface area contributed by atoms with Crippen LogP contribution < -0.4 is 5.32 Å².